The summed E-state index contributed by atoms with van der Waals surface area (Å²) in [5, 5.41) is 3.06. The maximum atomic E-state index is 14.0. The summed E-state index contributed by atoms with van der Waals surface area (Å²) in [6.07, 6.45) is 2.79. The molecule has 2 aliphatic heterocycles. The van der Waals surface area contributed by atoms with Gasteiger partial charge in [0.05, 0.1) is 29.7 Å². The maximum absolute atomic E-state index is 14.0. The zero-order valence-electron chi connectivity index (χ0n) is 23.4. The van der Waals surface area contributed by atoms with Gasteiger partial charge < -0.3 is 10.1 Å². The Balaban J connectivity index is 1.28. The van der Waals surface area contributed by atoms with Gasteiger partial charge in [0.25, 0.3) is 0 Å². The van der Waals surface area contributed by atoms with Gasteiger partial charge in [-0.15, -0.1) is 0 Å². The second kappa shape index (κ2) is 12.2. The Morgan fingerprint density at radius 1 is 0.975 bits per heavy atom. The number of hydrogen-bond acceptors (Lipinski definition) is 5. The van der Waals surface area contributed by atoms with E-state index in [1.54, 1.807) is 16.4 Å². The molecule has 212 valence electrons. The van der Waals surface area contributed by atoms with E-state index < -0.39 is 15.6 Å². The average Bonchev–Trinajstić information content (AvgIpc) is 2.96. The molecule has 1 spiro atoms. The highest BCUT2D eigenvalue weighted by Gasteiger charge is 2.47. The van der Waals surface area contributed by atoms with Crippen molar-refractivity contribution in [2.45, 2.75) is 56.1 Å². The summed E-state index contributed by atoms with van der Waals surface area (Å²) in [5.41, 5.74) is 3.52. The van der Waals surface area contributed by atoms with Crippen molar-refractivity contribution in [2.75, 3.05) is 38.1 Å². The number of morpholine rings is 1. The third-order valence-electron chi connectivity index (χ3n) is 8.18. The number of likely N-dealkylation sites (tertiary alicyclic amines) is 1. The van der Waals surface area contributed by atoms with Crippen molar-refractivity contribution in [1.29, 1.82) is 0 Å². The number of carbonyl (C=O) groups excluding carboxylic acids is 1. The van der Waals surface area contributed by atoms with Gasteiger partial charge in [0.15, 0.2) is 0 Å². The number of amides is 1. The molecule has 0 aliphatic carbocycles. The molecular formula is C32H39N3O4S. The number of ether oxygens (including phenoxy) is 1. The predicted octanol–water partition coefficient (Wildman–Crippen LogP) is 4.66. The maximum Gasteiger partial charge on any atom is 0.243 e. The number of hydrogen-bond donors (Lipinski definition) is 1. The van der Waals surface area contributed by atoms with Crippen molar-refractivity contribution in [1.82, 2.24) is 9.21 Å². The summed E-state index contributed by atoms with van der Waals surface area (Å²) in [5.74, 6) is -0.0343. The van der Waals surface area contributed by atoms with E-state index in [2.05, 4.69) is 17.1 Å². The van der Waals surface area contributed by atoms with Crippen LogP contribution in [0, 0.1) is 6.92 Å². The fraction of sp³-hybridized carbons (Fsp3) is 0.406. The van der Waals surface area contributed by atoms with Crippen LogP contribution >= 0.6 is 0 Å². The summed E-state index contributed by atoms with van der Waals surface area (Å²) < 4.78 is 36.1. The van der Waals surface area contributed by atoms with Gasteiger partial charge in [-0.2, -0.15) is 4.31 Å². The van der Waals surface area contributed by atoms with Crippen LogP contribution < -0.4 is 5.32 Å². The topological polar surface area (TPSA) is 79.0 Å². The average molecular weight is 562 g/mol. The first kappa shape index (κ1) is 28.5. The lowest BCUT2D eigenvalue weighted by Gasteiger charge is -2.49. The van der Waals surface area contributed by atoms with Gasteiger partial charge in [0.1, 0.15) is 0 Å². The second-order valence-electron chi connectivity index (χ2n) is 11.0. The standard InChI is InChI=1S/C32H39N3O4S/c1-3-27-11-7-8-12-30(27)33-31(36)22-34-19-17-32(18-20-34)24-35(40(37,38)29-15-13-25(2)14-16-29)28(23-39-32)21-26-9-5-4-6-10-26/h4-16,28H,3,17-24H2,1-2H3,(H,33,36)/t28-/m1/s1. The first-order valence-electron chi connectivity index (χ1n) is 14.1. The number of para-hydroxylation sites is 1. The van der Waals surface area contributed by atoms with Crippen molar-refractivity contribution in [3.63, 3.8) is 0 Å². The smallest absolute Gasteiger partial charge is 0.243 e. The van der Waals surface area contributed by atoms with Crippen LogP contribution in [0.4, 0.5) is 5.69 Å². The van der Waals surface area contributed by atoms with E-state index in [1.807, 2.05) is 73.7 Å². The summed E-state index contributed by atoms with van der Waals surface area (Å²) in [7, 11) is -3.72. The molecular weight excluding hydrogens is 522 g/mol. The first-order chi connectivity index (χ1) is 19.3. The SMILES string of the molecule is CCc1ccccc1NC(=O)CN1CCC2(CC1)CN(S(=O)(=O)c1ccc(C)cc1)[C@H](Cc1ccccc1)CO2. The Morgan fingerprint density at radius 3 is 2.35 bits per heavy atom. The molecule has 1 amide bonds. The van der Waals surface area contributed by atoms with Crippen molar-refractivity contribution >= 4 is 21.6 Å². The van der Waals surface area contributed by atoms with Crippen LogP contribution in [0.3, 0.4) is 0 Å². The van der Waals surface area contributed by atoms with Gasteiger partial charge in [-0.1, -0.05) is 73.2 Å². The van der Waals surface area contributed by atoms with Crippen molar-refractivity contribution < 1.29 is 17.9 Å². The van der Waals surface area contributed by atoms with Gasteiger partial charge in [-0.25, -0.2) is 8.42 Å². The molecule has 0 saturated carbocycles. The van der Waals surface area contributed by atoms with E-state index in [4.69, 9.17) is 4.74 Å². The second-order valence-corrected chi connectivity index (χ2v) is 12.9. The molecule has 40 heavy (non-hydrogen) atoms. The van der Waals surface area contributed by atoms with E-state index in [0.717, 1.165) is 28.8 Å². The molecule has 2 saturated heterocycles. The van der Waals surface area contributed by atoms with Crippen molar-refractivity contribution in [2.24, 2.45) is 0 Å². The number of carbonyl (C=O) groups is 1. The Kier molecular flexibility index (Phi) is 8.71. The van der Waals surface area contributed by atoms with Gasteiger partial charge in [-0.05, 0) is 61.9 Å². The molecule has 7 nitrogen and oxygen atoms in total. The Morgan fingerprint density at radius 2 is 1.65 bits per heavy atom. The number of anilines is 1. The van der Waals surface area contributed by atoms with E-state index in [-0.39, 0.29) is 11.9 Å². The molecule has 1 atom stereocenters. The quantitative estimate of drug-likeness (QED) is 0.433. The highest BCUT2D eigenvalue weighted by molar-refractivity contribution is 7.89. The van der Waals surface area contributed by atoms with Gasteiger partial charge in [0, 0.05) is 25.3 Å². The molecule has 0 radical (unpaired) electrons. The summed E-state index contributed by atoms with van der Waals surface area (Å²) >= 11 is 0. The first-order valence-corrected chi connectivity index (χ1v) is 15.6. The fourth-order valence-electron chi connectivity index (χ4n) is 5.75. The molecule has 5 rings (SSSR count). The third-order valence-corrected chi connectivity index (χ3v) is 10.1. The molecule has 0 unspecified atom stereocenters. The fourth-order valence-corrected chi connectivity index (χ4v) is 7.44. The number of sulfonamides is 1. The lowest BCUT2D eigenvalue weighted by Crippen LogP contribution is -2.62. The van der Waals surface area contributed by atoms with Crippen LogP contribution in [0.25, 0.3) is 0 Å². The molecule has 2 fully saturated rings. The summed E-state index contributed by atoms with van der Waals surface area (Å²) in [6, 6.07) is 24.7. The zero-order chi connectivity index (χ0) is 28.2. The number of nitrogens with one attached hydrogen (secondary N) is 1. The molecule has 2 aliphatic rings. The molecule has 8 heteroatoms. The van der Waals surface area contributed by atoms with Gasteiger partial charge in [0.2, 0.25) is 15.9 Å². The molecule has 2 heterocycles. The lowest BCUT2D eigenvalue weighted by molar-refractivity contribution is -0.139. The number of rotatable bonds is 8. The highest BCUT2D eigenvalue weighted by Crippen LogP contribution is 2.35. The van der Waals surface area contributed by atoms with Crippen LogP contribution in [0.1, 0.15) is 36.5 Å². The number of aryl methyl sites for hydroxylation is 2. The Hall–Kier alpha value is -3.04. The summed E-state index contributed by atoms with van der Waals surface area (Å²) in [6.45, 7) is 6.32. The van der Waals surface area contributed by atoms with E-state index in [9.17, 15) is 13.2 Å². The van der Waals surface area contributed by atoms with Crippen LogP contribution in [0.5, 0.6) is 0 Å². The van der Waals surface area contributed by atoms with Crippen LogP contribution in [0.15, 0.2) is 83.8 Å². The molecule has 0 bridgehead atoms. The molecule has 3 aromatic carbocycles. The van der Waals surface area contributed by atoms with Crippen molar-refractivity contribution in [3.8, 4) is 0 Å². The minimum atomic E-state index is -3.72. The minimum Gasteiger partial charge on any atom is -0.372 e. The summed E-state index contributed by atoms with van der Waals surface area (Å²) in [4.78, 5) is 15.3. The van der Waals surface area contributed by atoms with Crippen LogP contribution in [-0.4, -0.2) is 68.0 Å². The van der Waals surface area contributed by atoms with E-state index in [0.29, 0.717) is 56.9 Å². The largest absolute Gasteiger partial charge is 0.372 e. The monoisotopic (exact) mass is 561 g/mol. The van der Waals surface area contributed by atoms with Gasteiger partial charge in [-0.3, -0.25) is 9.69 Å². The van der Waals surface area contributed by atoms with Crippen LogP contribution in [-0.2, 0) is 32.4 Å². The normalized spacial score (nSPS) is 19.9. The van der Waals surface area contributed by atoms with E-state index >= 15 is 0 Å². The molecule has 0 aromatic heterocycles. The minimum absolute atomic E-state index is 0.0343. The predicted molar refractivity (Wildman–Crippen MR) is 158 cm³/mol. The third kappa shape index (κ3) is 6.47. The van der Waals surface area contributed by atoms with Crippen molar-refractivity contribution in [3.05, 3.63) is 95.6 Å². The lowest BCUT2D eigenvalue weighted by atomic mass is 9.88. The highest BCUT2D eigenvalue weighted by atomic mass is 32.2. The Bertz CT molecular complexity index is 1400. The molecule has 3 aromatic rings. The van der Waals surface area contributed by atoms with E-state index in [1.165, 1.54) is 0 Å². The number of piperidine rings is 1. The van der Waals surface area contributed by atoms with Crippen LogP contribution in [0.2, 0.25) is 0 Å². The Labute approximate surface area is 238 Å². The number of benzene rings is 3. The number of nitrogens with zero attached hydrogens (tertiary/aromatic N) is 2. The van der Waals surface area contributed by atoms with Gasteiger partial charge >= 0.3 is 0 Å². The zero-order valence-corrected chi connectivity index (χ0v) is 24.2. The molecule has 1 N–H and O–H groups in total.